The normalized spacial score (nSPS) is 12.6. The lowest BCUT2D eigenvalue weighted by Gasteiger charge is -2.19. The maximum Gasteiger partial charge on any atom is 0.110 e. The third-order valence-electron chi connectivity index (χ3n) is 3.61. The van der Waals surface area contributed by atoms with Crippen molar-refractivity contribution in [1.82, 2.24) is 14.9 Å². The summed E-state index contributed by atoms with van der Waals surface area (Å²) >= 11 is 6.04. The Morgan fingerprint density at radius 1 is 1.40 bits per heavy atom. The van der Waals surface area contributed by atoms with E-state index in [9.17, 15) is 0 Å². The first kappa shape index (κ1) is 15.1. The van der Waals surface area contributed by atoms with Crippen LogP contribution in [0.3, 0.4) is 0 Å². The van der Waals surface area contributed by atoms with Crippen molar-refractivity contribution in [1.29, 1.82) is 0 Å². The number of imidazole rings is 1. The standard InChI is InChI=1S/C16H22ClN3/c1-4-8-20-9-7-19-16(20)11-15(18-3)14-6-5-13(17)10-12(14)2/h5-7,9-10,15,18H,4,8,11H2,1-3H3. The fourth-order valence-electron chi connectivity index (χ4n) is 2.55. The molecule has 0 aliphatic carbocycles. The molecule has 1 atom stereocenters. The third kappa shape index (κ3) is 3.41. The van der Waals surface area contributed by atoms with Crippen LogP contribution in [0.4, 0.5) is 0 Å². The van der Waals surface area contributed by atoms with Crippen LogP contribution < -0.4 is 5.32 Å². The summed E-state index contributed by atoms with van der Waals surface area (Å²) in [5.74, 6) is 1.13. The first-order chi connectivity index (χ1) is 9.65. The van der Waals surface area contributed by atoms with Crippen molar-refractivity contribution in [2.24, 2.45) is 0 Å². The summed E-state index contributed by atoms with van der Waals surface area (Å²) in [6.07, 6.45) is 5.94. The number of halogens is 1. The van der Waals surface area contributed by atoms with E-state index >= 15 is 0 Å². The monoisotopic (exact) mass is 291 g/mol. The van der Waals surface area contributed by atoms with Gasteiger partial charge < -0.3 is 9.88 Å². The van der Waals surface area contributed by atoms with Gasteiger partial charge in [0.05, 0.1) is 0 Å². The Hall–Kier alpha value is -1.32. The zero-order valence-electron chi connectivity index (χ0n) is 12.4. The minimum absolute atomic E-state index is 0.255. The Bertz CT molecular complexity index is 563. The number of nitrogens with one attached hydrogen (secondary N) is 1. The van der Waals surface area contributed by atoms with E-state index in [1.54, 1.807) is 0 Å². The van der Waals surface area contributed by atoms with E-state index in [4.69, 9.17) is 11.6 Å². The lowest BCUT2D eigenvalue weighted by Crippen LogP contribution is -2.21. The van der Waals surface area contributed by atoms with E-state index in [1.807, 2.05) is 25.4 Å². The highest BCUT2D eigenvalue weighted by molar-refractivity contribution is 6.30. The van der Waals surface area contributed by atoms with Crippen LogP contribution in [-0.2, 0) is 13.0 Å². The van der Waals surface area contributed by atoms with Crippen LogP contribution in [0.25, 0.3) is 0 Å². The number of aryl methyl sites for hydroxylation is 2. The van der Waals surface area contributed by atoms with Gasteiger partial charge in [0.1, 0.15) is 5.82 Å². The highest BCUT2D eigenvalue weighted by atomic mass is 35.5. The van der Waals surface area contributed by atoms with Crippen molar-refractivity contribution in [3.63, 3.8) is 0 Å². The zero-order chi connectivity index (χ0) is 14.5. The number of rotatable bonds is 6. The fourth-order valence-corrected chi connectivity index (χ4v) is 2.78. The van der Waals surface area contributed by atoms with Crippen molar-refractivity contribution in [2.75, 3.05) is 7.05 Å². The van der Waals surface area contributed by atoms with Crippen LogP contribution in [-0.4, -0.2) is 16.6 Å². The number of hydrogen-bond acceptors (Lipinski definition) is 2. The number of nitrogens with zero attached hydrogens (tertiary/aromatic N) is 2. The first-order valence-corrected chi connectivity index (χ1v) is 7.46. The summed E-state index contributed by atoms with van der Waals surface area (Å²) in [6, 6.07) is 6.32. The SMILES string of the molecule is CCCn1ccnc1CC(NC)c1ccc(Cl)cc1C. The van der Waals surface area contributed by atoms with Crippen molar-refractivity contribution in [3.05, 3.63) is 52.6 Å². The van der Waals surface area contributed by atoms with Crippen LogP contribution in [0, 0.1) is 6.92 Å². The van der Waals surface area contributed by atoms with Gasteiger partial charge in [0.15, 0.2) is 0 Å². The quantitative estimate of drug-likeness (QED) is 0.878. The number of hydrogen-bond donors (Lipinski definition) is 1. The molecule has 0 aliphatic heterocycles. The molecule has 1 N–H and O–H groups in total. The van der Waals surface area contributed by atoms with Crippen LogP contribution in [0.15, 0.2) is 30.6 Å². The molecule has 0 saturated heterocycles. The maximum absolute atomic E-state index is 6.04. The molecule has 0 aliphatic rings. The number of benzene rings is 1. The Labute approximate surface area is 126 Å². The van der Waals surface area contributed by atoms with Crippen molar-refractivity contribution < 1.29 is 0 Å². The minimum Gasteiger partial charge on any atom is -0.335 e. The second-order valence-electron chi connectivity index (χ2n) is 5.08. The molecular weight excluding hydrogens is 270 g/mol. The molecule has 2 rings (SSSR count). The zero-order valence-corrected chi connectivity index (χ0v) is 13.1. The molecule has 0 spiro atoms. The van der Waals surface area contributed by atoms with Gasteiger partial charge in [0, 0.05) is 36.4 Å². The molecule has 108 valence electrons. The molecule has 0 bridgehead atoms. The van der Waals surface area contributed by atoms with Crippen LogP contribution in [0.5, 0.6) is 0 Å². The molecule has 20 heavy (non-hydrogen) atoms. The van der Waals surface area contributed by atoms with Gasteiger partial charge in [-0.15, -0.1) is 0 Å². The van der Waals surface area contributed by atoms with Gasteiger partial charge in [-0.3, -0.25) is 0 Å². The molecular formula is C16H22ClN3. The highest BCUT2D eigenvalue weighted by Gasteiger charge is 2.15. The largest absolute Gasteiger partial charge is 0.335 e. The lowest BCUT2D eigenvalue weighted by atomic mass is 9.98. The lowest BCUT2D eigenvalue weighted by molar-refractivity contribution is 0.541. The Balaban J connectivity index is 2.22. The average molecular weight is 292 g/mol. The summed E-state index contributed by atoms with van der Waals surface area (Å²) in [5.41, 5.74) is 2.49. The second kappa shape index (κ2) is 6.91. The molecule has 4 heteroatoms. The molecule has 0 amide bonds. The van der Waals surface area contributed by atoms with Gasteiger partial charge in [-0.25, -0.2) is 4.98 Å². The molecule has 3 nitrogen and oxygen atoms in total. The van der Waals surface area contributed by atoms with E-state index in [-0.39, 0.29) is 6.04 Å². The highest BCUT2D eigenvalue weighted by Crippen LogP contribution is 2.24. The number of likely N-dealkylation sites (N-methyl/N-ethyl adjacent to an activating group) is 1. The van der Waals surface area contributed by atoms with Crippen molar-refractivity contribution >= 4 is 11.6 Å². The van der Waals surface area contributed by atoms with Gasteiger partial charge in [-0.05, 0) is 43.7 Å². The van der Waals surface area contributed by atoms with Gasteiger partial charge in [0.2, 0.25) is 0 Å². The Morgan fingerprint density at radius 2 is 2.20 bits per heavy atom. The summed E-state index contributed by atoms with van der Waals surface area (Å²) in [4.78, 5) is 4.49. The summed E-state index contributed by atoms with van der Waals surface area (Å²) in [6.45, 7) is 5.30. The molecule has 2 aromatic rings. The third-order valence-corrected chi connectivity index (χ3v) is 3.84. The molecule has 0 radical (unpaired) electrons. The summed E-state index contributed by atoms with van der Waals surface area (Å²) in [7, 11) is 1.99. The molecule has 0 fully saturated rings. The topological polar surface area (TPSA) is 29.9 Å². The number of aromatic nitrogens is 2. The fraction of sp³-hybridized carbons (Fsp3) is 0.438. The molecule has 1 aromatic heterocycles. The maximum atomic E-state index is 6.04. The minimum atomic E-state index is 0.255. The van der Waals surface area contributed by atoms with E-state index in [1.165, 1.54) is 11.1 Å². The van der Waals surface area contributed by atoms with Gasteiger partial charge >= 0.3 is 0 Å². The molecule has 1 unspecified atom stereocenters. The van der Waals surface area contributed by atoms with E-state index < -0.39 is 0 Å². The van der Waals surface area contributed by atoms with Crippen LogP contribution >= 0.6 is 11.6 Å². The second-order valence-corrected chi connectivity index (χ2v) is 5.52. The predicted molar refractivity (Wildman–Crippen MR) is 84.2 cm³/mol. The Morgan fingerprint density at radius 3 is 2.85 bits per heavy atom. The van der Waals surface area contributed by atoms with Crippen molar-refractivity contribution in [2.45, 2.75) is 39.3 Å². The van der Waals surface area contributed by atoms with E-state index in [2.05, 4.69) is 41.0 Å². The molecule has 1 heterocycles. The first-order valence-electron chi connectivity index (χ1n) is 7.09. The van der Waals surface area contributed by atoms with Crippen LogP contribution in [0.2, 0.25) is 5.02 Å². The van der Waals surface area contributed by atoms with Gasteiger partial charge in [-0.2, -0.15) is 0 Å². The van der Waals surface area contributed by atoms with Crippen molar-refractivity contribution in [3.8, 4) is 0 Å². The van der Waals surface area contributed by atoms with Gasteiger partial charge in [-0.1, -0.05) is 24.6 Å². The Kier molecular flexibility index (Phi) is 5.21. The molecule has 0 saturated carbocycles. The van der Waals surface area contributed by atoms with Crippen LogP contribution in [0.1, 0.15) is 36.3 Å². The van der Waals surface area contributed by atoms with E-state index in [0.29, 0.717) is 0 Å². The van der Waals surface area contributed by atoms with E-state index in [0.717, 1.165) is 30.2 Å². The summed E-state index contributed by atoms with van der Waals surface area (Å²) < 4.78 is 2.23. The molecule has 1 aromatic carbocycles. The average Bonchev–Trinajstić information content (AvgIpc) is 2.84. The smallest absolute Gasteiger partial charge is 0.110 e. The van der Waals surface area contributed by atoms with Gasteiger partial charge in [0.25, 0.3) is 0 Å². The summed E-state index contributed by atoms with van der Waals surface area (Å²) in [5, 5.41) is 4.18. The predicted octanol–water partition coefficient (Wildman–Crippen LogP) is 3.76.